The first-order valence-electron chi connectivity index (χ1n) is 9.84. The number of amides is 1. The van der Waals surface area contributed by atoms with Crippen molar-refractivity contribution in [1.29, 1.82) is 0 Å². The highest BCUT2D eigenvalue weighted by molar-refractivity contribution is 7.99. The zero-order chi connectivity index (χ0) is 22.7. The van der Waals surface area contributed by atoms with Gasteiger partial charge in [0.25, 0.3) is 5.56 Å². The Hall–Kier alpha value is -3.11. The molecule has 0 unspecified atom stereocenters. The molecule has 32 heavy (non-hydrogen) atoms. The number of carbonyl (C=O) groups is 1. The van der Waals surface area contributed by atoms with Crippen molar-refractivity contribution in [2.45, 2.75) is 24.7 Å². The zero-order valence-electron chi connectivity index (χ0n) is 16.8. The van der Waals surface area contributed by atoms with E-state index in [4.69, 9.17) is 0 Å². The number of aromatic amines is 1. The summed E-state index contributed by atoms with van der Waals surface area (Å²) in [6.07, 6.45) is 0.570. The molecule has 0 aliphatic carbocycles. The van der Waals surface area contributed by atoms with Crippen LogP contribution in [0, 0.1) is 17.5 Å². The van der Waals surface area contributed by atoms with Crippen molar-refractivity contribution in [3.63, 3.8) is 0 Å². The number of nitrogens with one attached hydrogen (secondary N) is 2. The zero-order valence-corrected chi connectivity index (χ0v) is 17.6. The van der Waals surface area contributed by atoms with Crippen LogP contribution in [0.1, 0.15) is 16.8 Å². The van der Waals surface area contributed by atoms with E-state index in [2.05, 4.69) is 20.2 Å². The molecule has 0 spiro atoms. The molecule has 0 bridgehead atoms. The van der Waals surface area contributed by atoms with E-state index in [1.165, 1.54) is 12.1 Å². The topological polar surface area (TPSA) is 78.1 Å². The second-order valence-electron chi connectivity index (χ2n) is 7.34. The van der Waals surface area contributed by atoms with Gasteiger partial charge in [-0.2, -0.15) is 0 Å². The molecule has 6 nitrogen and oxygen atoms in total. The lowest BCUT2D eigenvalue weighted by Gasteiger charge is -2.27. The number of halogens is 3. The van der Waals surface area contributed by atoms with Gasteiger partial charge in [0.05, 0.1) is 22.7 Å². The number of nitrogens with zero attached hydrogens (tertiary/aromatic N) is 2. The molecule has 4 rings (SSSR count). The number of hydrogen-bond acceptors (Lipinski definition) is 5. The van der Waals surface area contributed by atoms with Crippen LogP contribution in [0.25, 0.3) is 0 Å². The summed E-state index contributed by atoms with van der Waals surface area (Å²) in [4.78, 5) is 33.9. The fraction of sp³-hybridized carbons (Fsp3) is 0.227. The van der Waals surface area contributed by atoms with Crippen LogP contribution in [0.5, 0.6) is 0 Å². The fourth-order valence-electron chi connectivity index (χ4n) is 3.42. The Bertz CT molecular complexity index is 1200. The molecule has 0 saturated carbocycles. The summed E-state index contributed by atoms with van der Waals surface area (Å²) < 4.78 is 39.7. The maximum atomic E-state index is 13.7. The summed E-state index contributed by atoms with van der Waals surface area (Å²) in [6.45, 7) is 1.70. The van der Waals surface area contributed by atoms with Crippen molar-refractivity contribution >= 4 is 23.4 Å². The Morgan fingerprint density at radius 3 is 2.62 bits per heavy atom. The second kappa shape index (κ2) is 9.58. The summed E-state index contributed by atoms with van der Waals surface area (Å²) in [5.41, 5.74) is 1.81. The monoisotopic (exact) mass is 460 g/mol. The Labute approximate surface area is 185 Å². The number of anilines is 1. The number of benzene rings is 2. The summed E-state index contributed by atoms with van der Waals surface area (Å²) >= 11 is 1.02. The molecule has 0 radical (unpaired) electrons. The molecule has 10 heteroatoms. The van der Waals surface area contributed by atoms with E-state index >= 15 is 0 Å². The van der Waals surface area contributed by atoms with Crippen LogP contribution in [0.15, 0.2) is 52.4 Å². The van der Waals surface area contributed by atoms with Gasteiger partial charge in [-0.05, 0) is 29.8 Å². The Morgan fingerprint density at radius 1 is 1.12 bits per heavy atom. The van der Waals surface area contributed by atoms with Gasteiger partial charge in [0.15, 0.2) is 5.16 Å². The molecular weight excluding hydrogens is 441 g/mol. The molecule has 1 aliphatic rings. The van der Waals surface area contributed by atoms with Gasteiger partial charge in [-0.15, -0.1) is 0 Å². The first kappa shape index (κ1) is 22.1. The quantitative estimate of drug-likeness (QED) is 0.435. The van der Waals surface area contributed by atoms with Gasteiger partial charge in [0, 0.05) is 32.1 Å². The van der Waals surface area contributed by atoms with Crippen LogP contribution in [0.4, 0.5) is 18.9 Å². The molecule has 1 amide bonds. The molecule has 0 atom stereocenters. The van der Waals surface area contributed by atoms with Crippen LogP contribution >= 0.6 is 11.8 Å². The minimum absolute atomic E-state index is 0.102. The Balaban J connectivity index is 1.37. The predicted octanol–water partition coefficient (Wildman–Crippen LogP) is 3.48. The highest BCUT2D eigenvalue weighted by Gasteiger charge is 2.21. The molecule has 1 aliphatic heterocycles. The maximum Gasteiger partial charge on any atom is 0.256 e. The lowest BCUT2D eigenvalue weighted by molar-refractivity contribution is -0.113. The third kappa shape index (κ3) is 5.38. The summed E-state index contributed by atoms with van der Waals surface area (Å²) in [5, 5.41) is 2.67. The Morgan fingerprint density at radius 2 is 1.88 bits per heavy atom. The summed E-state index contributed by atoms with van der Waals surface area (Å²) in [6, 6.07) is 9.13. The highest BCUT2D eigenvalue weighted by atomic mass is 32.2. The average Bonchev–Trinajstić information content (AvgIpc) is 2.76. The first-order chi connectivity index (χ1) is 15.4. The van der Waals surface area contributed by atoms with Crippen LogP contribution < -0.4 is 10.9 Å². The molecule has 166 valence electrons. The highest BCUT2D eigenvalue weighted by Crippen LogP contribution is 2.20. The lowest BCUT2D eigenvalue weighted by Crippen LogP contribution is -2.35. The Kier molecular flexibility index (Phi) is 6.61. The number of thioether (sulfide) groups is 1. The van der Waals surface area contributed by atoms with Gasteiger partial charge in [0.1, 0.15) is 17.5 Å². The van der Waals surface area contributed by atoms with Crippen molar-refractivity contribution in [3.05, 3.63) is 87.1 Å². The third-order valence-corrected chi connectivity index (χ3v) is 5.86. The van der Waals surface area contributed by atoms with Crippen molar-refractivity contribution in [2.75, 3.05) is 17.6 Å². The summed E-state index contributed by atoms with van der Waals surface area (Å²) in [7, 11) is 0. The molecule has 2 heterocycles. The lowest BCUT2D eigenvalue weighted by atomic mass is 10.1. The maximum absolute atomic E-state index is 13.7. The predicted molar refractivity (Wildman–Crippen MR) is 115 cm³/mol. The largest absolute Gasteiger partial charge is 0.323 e. The molecule has 2 N–H and O–H groups in total. The van der Waals surface area contributed by atoms with E-state index in [0.29, 0.717) is 48.5 Å². The number of fused-ring (bicyclic) bond motifs is 1. The van der Waals surface area contributed by atoms with Gasteiger partial charge >= 0.3 is 0 Å². The van der Waals surface area contributed by atoms with E-state index in [-0.39, 0.29) is 22.8 Å². The van der Waals surface area contributed by atoms with E-state index < -0.39 is 17.5 Å². The SMILES string of the molecule is O=C(CSc1nc2c(c(=O)[nH]1)CN(Cc1ccc(F)cc1)CC2)Nc1ccc(F)cc1F. The van der Waals surface area contributed by atoms with Gasteiger partial charge in [-0.1, -0.05) is 23.9 Å². The third-order valence-electron chi connectivity index (χ3n) is 4.99. The summed E-state index contributed by atoms with van der Waals surface area (Å²) in [5.74, 6) is -2.50. The van der Waals surface area contributed by atoms with Gasteiger partial charge in [-0.3, -0.25) is 14.5 Å². The number of hydrogen-bond donors (Lipinski definition) is 2. The van der Waals surface area contributed by atoms with E-state index in [1.807, 2.05) is 0 Å². The number of H-pyrrole nitrogens is 1. The fourth-order valence-corrected chi connectivity index (χ4v) is 4.10. The van der Waals surface area contributed by atoms with Crippen molar-refractivity contribution in [2.24, 2.45) is 0 Å². The van der Waals surface area contributed by atoms with Crippen LogP contribution in [0.3, 0.4) is 0 Å². The second-order valence-corrected chi connectivity index (χ2v) is 8.31. The van der Waals surface area contributed by atoms with Crippen LogP contribution in [0.2, 0.25) is 0 Å². The number of aromatic nitrogens is 2. The molecule has 0 fully saturated rings. The minimum atomic E-state index is -0.867. The first-order valence-corrected chi connectivity index (χ1v) is 10.8. The minimum Gasteiger partial charge on any atom is -0.323 e. The van der Waals surface area contributed by atoms with Gasteiger partial charge < -0.3 is 10.3 Å². The van der Waals surface area contributed by atoms with Gasteiger partial charge in [-0.25, -0.2) is 18.2 Å². The van der Waals surface area contributed by atoms with Crippen LogP contribution in [-0.2, 0) is 24.3 Å². The molecule has 1 aromatic heterocycles. The average molecular weight is 460 g/mol. The number of carbonyl (C=O) groups excluding carboxylic acids is 1. The molecule has 2 aromatic carbocycles. The molecule has 3 aromatic rings. The smallest absolute Gasteiger partial charge is 0.256 e. The molecule has 0 saturated heterocycles. The van der Waals surface area contributed by atoms with Crippen molar-refractivity contribution in [3.8, 4) is 0 Å². The number of rotatable bonds is 6. The van der Waals surface area contributed by atoms with Crippen molar-refractivity contribution < 1.29 is 18.0 Å². The van der Waals surface area contributed by atoms with Gasteiger partial charge in [0.2, 0.25) is 5.91 Å². The van der Waals surface area contributed by atoms with E-state index in [1.54, 1.807) is 12.1 Å². The standard InChI is InChI=1S/C22H19F3N4O2S/c23-14-3-1-13(2-4-14)10-29-8-7-18-16(11-29)21(31)28-22(27-18)32-12-20(30)26-19-6-5-15(24)9-17(19)25/h1-6,9H,7-8,10-12H2,(H,26,30)(H,27,28,31). The van der Waals surface area contributed by atoms with E-state index in [0.717, 1.165) is 29.5 Å². The van der Waals surface area contributed by atoms with E-state index in [9.17, 15) is 22.8 Å². The van der Waals surface area contributed by atoms with Crippen LogP contribution in [-0.4, -0.2) is 33.1 Å². The normalized spacial score (nSPS) is 13.6. The van der Waals surface area contributed by atoms with Crippen molar-refractivity contribution in [1.82, 2.24) is 14.9 Å². The molecular formula is C22H19F3N4O2S.